The van der Waals surface area contributed by atoms with Crippen LogP contribution in [0.25, 0.3) is 0 Å². The number of methoxy groups -OCH3 is 1. The molecule has 19 heavy (non-hydrogen) atoms. The van der Waals surface area contributed by atoms with Gasteiger partial charge in [0.1, 0.15) is 5.75 Å². The first-order valence-corrected chi connectivity index (χ1v) is 6.49. The van der Waals surface area contributed by atoms with E-state index >= 15 is 0 Å². The van der Waals surface area contributed by atoms with E-state index in [4.69, 9.17) is 4.74 Å². The van der Waals surface area contributed by atoms with Crippen molar-refractivity contribution in [2.75, 3.05) is 13.7 Å². The minimum Gasteiger partial charge on any atom is -0.497 e. The molecule has 1 aromatic carbocycles. The molecule has 0 atom stereocenters. The molecule has 4 nitrogen and oxygen atoms in total. The van der Waals surface area contributed by atoms with Gasteiger partial charge in [0.2, 0.25) is 0 Å². The third-order valence-electron chi connectivity index (χ3n) is 2.82. The number of hydrogen-bond acceptors (Lipinski definition) is 2. The number of benzene rings is 1. The van der Waals surface area contributed by atoms with Gasteiger partial charge in [-0.25, -0.2) is 4.99 Å². The lowest BCUT2D eigenvalue weighted by molar-refractivity contribution is 0.414. The van der Waals surface area contributed by atoms with Gasteiger partial charge in [-0.15, -0.1) is 24.0 Å². The van der Waals surface area contributed by atoms with Crippen LogP contribution in [0.3, 0.4) is 0 Å². The van der Waals surface area contributed by atoms with E-state index < -0.39 is 0 Å². The molecule has 2 rings (SSSR count). The Morgan fingerprint density at radius 3 is 2.84 bits per heavy atom. The zero-order valence-electron chi connectivity index (χ0n) is 11.5. The van der Waals surface area contributed by atoms with Gasteiger partial charge in [-0.1, -0.05) is 12.1 Å². The van der Waals surface area contributed by atoms with Crippen LogP contribution in [-0.2, 0) is 6.54 Å². The minimum absolute atomic E-state index is 0. The average molecular weight is 375 g/mol. The van der Waals surface area contributed by atoms with Crippen molar-refractivity contribution in [2.24, 2.45) is 4.99 Å². The third-order valence-corrected chi connectivity index (χ3v) is 2.82. The molecule has 2 N–H and O–H groups in total. The van der Waals surface area contributed by atoms with Crippen LogP contribution in [0.2, 0.25) is 0 Å². The zero-order valence-corrected chi connectivity index (χ0v) is 13.8. The first-order chi connectivity index (χ1) is 8.81. The van der Waals surface area contributed by atoms with Crippen LogP contribution in [0, 0.1) is 0 Å². The topological polar surface area (TPSA) is 45.7 Å². The first kappa shape index (κ1) is 16.1. The SMILES string of the molecule is CCNC(=NCc1cccc(OC)c1)NC1CC1.I. The highest BCUT2D eigenvalue weighted by Gasteiger charge is 2.21. The van der Waals surface area contributed by atoms with Crippen molar-refractivity contribution in [1.29, 1.82) is 0 Å². The van der Waals surface area contributed by atoms with Gasteiger partial charge in [-0.05, 0) is 37.5 Å². The summed E-state index contributed by atoms with van der Waals surface area (Å²) in [5, 5.41) is 6.66. The maximum Gasteiger partial charge on any atom is 0.191 e. The molecule has 0 heterocycles. The van der Waals surface area contributed by atoms with Gasteiger partial charge >= 0.3 is 0 Å². The molecule has 1 aromatic rings. The Balaban J connectivity index is 0.00000180. The molecule has 0 amide bonds. The predicted octanol–water partition coefficient (Wildman–Crippen LogP) is 2.53. The number of rotatable bonds is 5. The summed E-state index contributed by atoms with van der Waals surface area (Å²) >= 11 is 0. The Morgan fingerprint density at radius 2 is 2.21 bits per heavy atom. The fraction of sp³-hybridized carbons (Fsp3) is 0.500. The van der Waals surface area contributed by atoms with Gasteiger partial charge in [0.05, 0.1) is 13.7 Å². The van der Waals surface area contributed by atoms with Gasteiger partial charge < -0.3 is 15.4 Å². The molecule has 0 unspecified atom stereocenters. The van der Waals surface area contributed by atoms with Crippen LogP contribution in [0.15, 0.2) is 29.3 Å². The number of nitrogens with zero attached hydrogens (tertiary/aromatic N) is 1. The summed E-state index contributed by atoms with van der Waals surface area (Å²) in [5.41, 5.74) is 1.15. The summed E-state index contributed by atoms with van der Waals surface area (Å²) in [6, 6.07) is 8.64. The lowest BCUT2D eigenvalue weighted by atomic mass is 10.2. The molecule has 5 heteroatoms. The maximum absolute atomic E-state index is 5.20. The lowest BCUT2D eigenvalue weighted by Crippen LogP contribution is -2.38. The second-order valence-electron chi connectivity index (χ2n) is 4.47. The number of guanidine groups is 1. The second kappa shape index (κ2) is 8.24. The van der Waals surface area contributed by atoms with E-state index in [-0.39, 0.29) is 24.0 Å². The van der Waals surface area contributed by atoms with Crippen LogP contribution in [0.1, 0.15) is 25.3 Å². The van der Waals surface area contributed by atoms with Gasteiger partial charge in [0.25, 0.3) is 0 Å². The van der Waals surface area contributed by atoms with E-state index in [2.05, 4.69) is 28.6 Å². The van der Waals surface area contributed by atoms with Crippen molar-refractivity contribution < 1.29 is 4.74 Å². The highest BCUT2D eigenvalue weighted by Crippen LogP contribution is 2.18. The highest BCUT2D eigenvalue weighted by molar-refractivity contribution is 14.0. The monoisotopic (exact) mass is 375 g/mol. The van der Waals surface area contributed by atoms with E-state index in [0.29, 0.717) is 12.6 Å². The molecule has 0 bridgehead atoms. The molecule has 0 spiro atoms. The van der Waals surface area contributed by atoms with Gasteiger partial charge in [0.15, 0.2) is 5.96 Å². The van der Waals surface area contributed by atoms with Crippen molar-refractivity contribution in [3.63, 3.8) is 0 Å². The number of hydrogen-bond donors (Lipinski definition) is 2. The van der Waals surface area contributed by atoms with Gasteiger partial charge in [-0.2, -0.15) is 0 Å². The van der Waals surface area contributed by atoms with Crippen molar-refractivity contribution in [1.82, 2.24) is 10.6 Å². The fourth-order valence-corrected chi connectivity index (χ4v) is 1.68. The lowest BCUT2D eigenvalue weighted by Gasteiger charge is -2.10. The summed E-state index contributed by atoms with van der Waals surface area (Å²) in [4.78, 5) is 4.58. The molecule has 1 saturated carbocycles. The van der Waals surface area contributed by atoms with Crippen LogP contribution in [-0.4, -0.2) is 25.7 Å². The minimum atomic E-state index is 0. The third kappa shape index (κ3) is 5.67. The van der Waals surface area contributed by atoms with Crippen molar-refractivity contribution in [2.45, 2.75) is 32.4 Å². The Labute approximate surface area is 132 Å². The molecule has 1 aliphatic carbocycles. The second-order valence-corrected chi connectivity index (χ2v) is 4.47. The van der Waals surface area contributed by atoms with E-state index in [1.807, 2.05) is 18.2 Å². The number of halogens is 1. The van der Waals surface area contributed by atoms with Crippen molar-refractivity contribution >= 4 is 29.9 Å². The largest absolute Gasteiger partial charge is 0.497 e. The normalized spacial score (nSPS) is 14.5. The Hall–Kier alpha value is -0.980. The Morgan fingerprint density at radius 1 is 1.42 bits per heavy atom. The quantitative estimate of drug-likeness (QED) is 0.472. The smallest absolute Gasteiger partial charge is 0.191 e. The predicted molar refractivity (Wildman–Crippen MR) is 89.4 cm³/mol. The number of nitrogens with one attached hydrogen (secondary N) is 2. The summed E-state index contributed by atoms with van der Waals surface area (Å²) in [6.07, 6.45) is 2.51. The van der Waals surface area contributed by atoms with Crippen molar-refractivity contribution in [3.05, 3.63) is 29.8 Å². The molecule has 1 aliphatic rings. The van der Waals surface area contributed by atoms with E-state index in [1.54, 1.807) is 7.11 Å². The van der Waals surface area contributed by atoms with Crippen LogP contribution in [0.5, 0.6) is 5.75 Å². The van der Waals surface area contributed by atoms with E-state index in [1.165, 1.54) is 12.8 Å². The van der Waals surface area contributed by atoms with Crippen molar-refractivity contribution in [3.8, 4) is 5.75 Å². The van der Waals surface area contributed by atoms with Crippen LogP contribution >= 0.6 is 24.0 Å². The Bertz CT molecular complexity index is 419. The standard InChI is InChI=1S/C14H21N3O.HI/c1-3-15-14(17-12-7-8-12)16-10-11-5-4-6-13(9-11)18-2;/h4-6,9,12H,3,7-8,10H2,1-2H3,(H2,15,16,17);1H. The summed E-state index contributed by atoms with van der Waals surface area (Å²) in [5.74, 6) is 1.78. The van der Waals surface area contributed by atoms with Gasteiger partial charge in [-0.3, -0.25) is 0 Å². The highest BCUT2D eigenvalue weighted by atomic mass is 127. The molecule has 106 valence electrons. The van der Waals surface area contributed by atoms with E-state index in [9.17, 15) is 0 Å². The first-order valence-electron chi connectivity index (χ1n) is 6.49. The molecule has 0 aliphatic heterocycles. The van der Waals surface area contributed by atoms with E-state index in [0.717, 1.165) is 23.8 Å². The fourth-order valence-electron chi connectivity index (χ4n) is 1.68. The van der Waals surface area contributed by atoms with Gasteiger partial charge in [0, 0.05) is 12.6 Å². The average Bonchev–Trinajstić information content (AvgIpc) is 3.20. The molecule has 1 fully saturated rings. The summed E-state index contributed by atoms with van der Waals surface area (Å²) in [7, 11) is 1.68. The van der Waals surface area contributed by atoms with Crippen LogP contribution in [0.4, 0.5) is 0 Å². The number of ether oxygens (including phenoxy) is 1. The molecular formula is C14H22IN3O. The summed E-state index contributed by atoms with van der Waals surface area (Å²) < 4.78 is 5.20. The van der Waals surface area contributed by atoms with Crippen LogP contribution < -0.4 is 15.4 Å². The number of aliphatic imine (C=N–C) groups is 1. The molecular weight excluding hydrogens is 353 g/mol. The molecule has 0 radical (unpaired) electrons. The molecule has 0 aromatic heterocycles. The molecule has 0 saturated heterocycles. The maximum atomic E-state index is 5.20. The Kier molecular flexibility index (Phi) is 6.97. The zero-order chi connectivity index (χ0) is 12.8. The summed E-state index contributed by atoms with van der Waals surface area (Å²) in [6.45, 7) is 3.63.